The van der Waals surface area contributed by atoms with E-state index in [1.807, 2.05) is 0 Å². The Hall–Kier alpha value is -1.88. The number of rotatable bonds is 5. The molecule has 1 fully saturated rings. The number of carbonyl (C=O) groups excluding carboxylic acids is 1. The second-order valence-electron chi connectivity index (χ2n) is 7.60. The summed E-state index contributed by atoms with van der Waals surface area (Å²) in [6, 6.07) is 8.50. The molecule has 5 heteroatoms. The number of hydrogen-bond donors (Lipinski definition) is 2. The molecular weight excluding hydrogens is 304 g/mol. The van der Waals surface area contributed by atoms with Crippen molar-refractivity contribution in [2.24, 2.45) is 11.8 Å². The van der Waals surface area contributed by atoms with Crippen molar-refractivity contribution in [1.82, 2.24) is 10.2 Å². The molecule has 2 unspecified atom stereocenters. The van der Waals surface area contributed by atoms with Gasteiger partial charge >= 0.3 is 5.97 Å². The van der Waals surface area contributed by atoms with Crippen molar-refractivity contribution in [3.63, 3.8) is 0 Å². The number of hydrogen-bond acceptors (Lipinski definition) is 3. The molecule has 0 spiro atoms. The van der Waals surface area contributed by atoms with Crippen molar-refractivity contribution in [3.05, 3.63) is 35.4 Å². The zero-order chi connectivity index (χ0) is 17.3. The summed E-state index contributed by atoms with van der Waals surface area (Å²) in [6.45, 7) is 6.67. The van der Waals surface area contributed by atoms with Crippen LogP contribution in [0.2, 0.25) is 0 Å². The lowest BCUT2D eigenvalue weighted by atomic mass is 9.73. The van der Waals surface area contributed by atoms with Gasteiger partial charge in [0.25, 0.3) is 0 Å². The van der Waals surface area contributed by atoms with Gasteiger partial charge in [-0.1, -0.05) is 24.3 Å². The van der Waals surface area contributed by atoms with Gasteiger partial charge in [0.15, 0.2) is 0 Å². The first-order chi connectivity index (χ1) is 11.4. The molecule has 1 aliphatic heterocycles. The van der Waals surface area contributed by atoms with E-state index < -0.39 is 11.9 Å². The number of nitrogens with one attached hydrogen (secondary N) is 1. The van der Waals surface area contributed by atoms with Gasteiger partial charge < -0.3 is 10.4 Å². The minimum absolute atomic E-state index is 0.112. The number of carboxylic acids is 1. The number of carbonyl (C=O) groups is 2. The average Bonchev–Trinajstić information content (AvgIpc) is 2.51. The number of aliphatic carboxylic acids is 1. The maximum Gasteiger partial charge on any atom is 0.307 e. The quantitative estimate of drug-likeness (QED) is 0.867. The van der Waals surface area contributed by atoms with Crippen LogP contribution in [0, 0.1) is 11.8 Å². The second-order valence-corrected chi connectivity index (χ2v) is 7.60. The first-order valence-corrected chi connectivity index (χ1v) is 8.71. The molecule has 0 aromatic heterocycles. The van der Waals surface area contributed by atoms with Crippen LogP contribution in [-0.4, -0.2) is 40.5 Å². The zero-order valence-electron chi connectivity index (χ0n) is 14.4. The Balaban J connectivity index is 1.57. The van der Waals surface area contributed by atoms with Gasteiger partial charge in [-0.3, -0.25) is 14.5 Å². The van der Waals surface area contributed by atoms with Gasteiger partial charge in [-0.2, -0.15) is 0 Å². The number of benzene rings is 1. The Labute approximate surface area is 143 Å². The van der Waals surface area contributed by atoms with Crippen molar-refractivity contribution in [2.75, 3.05) is 13.1 Å². The minimum atomic E-state index is -0.853. The third kappa shape index (κ3) is 3.31. The molecule has 2 aliphatic rings. The van der Waals surface area contributed by atoms with E-state index >= 15 is 0 Å². The number of nitrogens with zero attached hydrogens (tertiary/aromatic N) is 1. The standard InChI is InChI=1S/C19H26N2O3/c1-19(2,12-20-17(22)15-7-8-16(15)18(23)24)21-10-9-13-5-3-4-6-14(13)11-21/h3-6,15-16H,7-12H2,1-2H3,(H,20,22)(H,23,24). The summed E-state index contributed by atoms with van der Waals surface area (Å²) in [5.41, 5.74) is 2.60. The fourth-order valence-electron chi connectivity index (χ4n) is 3.67. The summed E-state index contributed by atoms with van der Waals surface area (Å²) in [4.78, 5) is 25.7. The first kappa shape index (κ1) is 17.0. The van der Waals surface area contributed by atoms with Crippen molar-refractivity contribution in [2.45, 2.75) is 45.2 Å². The van der Waals surface area contributed by atoms with Crippen LogP contribution in [0.4, 0.5) is 0 Å². The Morgan fingerprint density at radius 3 is 2.50 bits per heavy atom. The van der Waals surface area contributed by atoms with Crippen molar-refractivity contribution in [3.8, 4) is 0 Å². The highest BCUT2D eigenvalue weighted by atomic mass is 16.4. The summed E-state index contributed by atoms with van der Waals surface area (Å²) in [5, 5.41) is 12.1. The minimum Gasteiger partial charge on any atom is -0.481 e. The van der Waals surface area contributed by atoms with Crippen LogP contribution in [0.5, 0.6) is 0 Å². The van der Waals surface area contributed by atoms with Crippen LogP contribution < -0.4 is 5.32 Å². The molecule has 2 atom stereocenters. The number of fused-ring (bicyclic) bond motifs is 1. The van der Waals surface area contributed by atoms with Gasteiger partial charge in [0, 0.05) is 25.2 Å². The van der Waals surface area contributed by atoms with Crippen LogP contribution in [0.1, 0.15) is 37.8 Å². The Kier molecular flexibility index (Phi) is 4.63. The highest BCUT2D eigenvalue weighted by Crippen LogP contribution is 2.34. The molecule has 1 saturated carbocycles. The van der Waals surface area contributed by atoms with Gasteiger partial charge in [0.2, 0.25) is 5.91 Å². The molecule has 24 heavy (non-hydrogen) atoms. The second kappa shape index (κ2) is 6.55. The third-order valence-electron chi connectivity index (χ3n) is 5.61. The van der Waals surface area contributed by atoms with E-state index in [0.717, 1.165) is 19.5 Å². The summed E-state index contributed by atoms with van der Waals surface area (Å²) in [5.74, 6) is -1.83. The molecule has 0 bridgehead atoms. The Morgan fingerprint density at radius 2 is 1.88 bits per heavy atom. The largest absolute Gasteiger partial charge is 0.481 e. The van der Waals surface area contributed by atoms with E-state index in [2.05, 4.69) is 48.3 Å². The number of carboxylic acid groups (broad SMARTS) is 1. The van der Waals surface area contributed by atoms with Crippen molar-refractivity contribution >= 4 is 11.9 Å². The highest BCUT2D eigenvalue weighted by molar-refractivity contribution is 5.86. The average molecular weight is 330 g/mol. The molecule has 5 nitrogen and oxygen atoms in total. The molecule has 1 aromatic carbocycles. The van der Waals surface area contributed by atoms with Crippen LogP contribution in [0.3, 0.4) is 0 Å². The topological polar surface area (TPSA) is 69.6 Å². The fraction of sp³-hybridized carbons (Fsp3) is 0.579. The smallest absolute Gasteiger partial charge is 0.307 e. The highest BCUT2D eigenvalue weighted by Gasteiger charge is 2.42. The third-order valence-corrected chi connectivity index (χ3v) is 5.61. The monoisotopic (exact) mass is 330 g/mol. The lowest BCUT2D eigenvalue weighted by Gasteiger charge is -2.42. The normalized spacial score (nSPS) is 23.9. The van der Waals surface area contributed by atoms with Crippen molar-refractivity contribution < 1.29 is 14.7 Å². The number of amides is 1. The summed E-state index contributed by atoms with van der Waals surface area (Å²) in [6.07, 6.45) is 2.32. The van der Waals surface area contributed by atoms with Crippen LogP contribution >= 0.6 is 0 Å². The predicted molar refractivity (Wildman–Crippen MR) is 91.5 cm³/mol. The molecule has 0 radical (unpaired) electrons. The lowest BCUT2D eigenvalue weighted by molar-refractivity contribution is -0.152. The predicted octanol–water partition coefficient (Wildman–Crippen LogP) is 2.05. The van der Waals surface area contributed by atoms with E-state index in [1.54, 1.807) is 0 Å². The zero-order valence-corrected chi connectivity index (χ0v) is 14.4. The molecule has 2 N–H and O–H groups in total. The molecule has 3 rings (SSSR count). The van der Waals surface area contributed by atoms with Crippen LogP contribution in [0.25, 0.3) is 0 Å². The summed E-state index contributed by atoms with van der Waals surface area (Å²) >= 11 is 0. The van der Waals surface area contributed by atoms with E-state index in [9.17, 15) is 9.59 Å². The van der Waals surface area contributed by atoms with Gasteiger partial charge in [-0.15, -0.1) is 0 Å². The lowest BCUT2D eigenvalue weighted by Crippen LogP contribution is -2.55. The molecule has 1 heterocycles. The van der Waals surface area contributed by atoms with Crippen LogP contribution in [0.15, 0.2) is 24.3 Å². The fourth-order valence-corrected chi connectivity index (χ4v) is 3.67. The van der Waals surface area contributed by atoms with E-state index in [1.165, 1.54) is 11.1 Å². The Morgan fingerprint density at radius 1 is 1.21 bits per heavy atom. The molecule has 1 amide bonds. The molecule has 1 aromatic rings. The van der Waals surface area contributed by atoms with Gasteiger partial charge in [-0.25, -0.2) is 0 Å². The maximum atomic E-state index is 12.3. The van der Waals surface area contributed by atoms with E-state index in [-0.39, 0.29) is 17.4 Å². The van der Waals surface area contributed by atoms with E-state index in [4.69, 9.17) is 5.11 Å². The summed E-state index contributed by atoms with van der Waals surface area (Å²) < 4.78 is 0. The molecule has 130 valence electrons. The first-order valence-electron chi connectivity index (χ1n) is 8.71. The Bertz CT molecular complexity index is 641. The van der Waals surface area contributed by atoms with Crippen LogP contribution in [-0.2, 0) is 22.6 Å². The van der Waals surface area contributed by atoms with Gasteiger partial charge in [-0.05, 0) is 44.2 Å². The molecular formula is C19H26N2O3. The van der Waals surface area contributed by atoms with Crippen molar-refractivity contribution in [1.29, 1.82) is 0 Å². The molecule has 1 aliphatic carbocycles. The van der Waals surface area contributed by atoms with E-state index in [0.29, 0.717) is 19.4 Å². The summed E-state index contributed by atoms with van der Waals surface area (Å²) in [7, 11) is 0. The van der Waals surface area contributed by atoms with Gasteiger partial charge in [0.1, 0.15) is 0 Å². The molecule has 0 saturated heterocycles. The van der Waals surface area contributed by atoms with Gasteiger partial charge in [0.05, 0.1) is 11.8 Å². The maximum absolute atomic E-state index is 12.3. The SMILES string of the molecule is CC(C)(CNC(=O)C1CCC1C(=O)O)N1CCc2ccccc2C1.